The lowest BCUT2D eigenvalue weighted by Crippen LogP contribution is -2.41. The summed E-state index contributed by atoms with van der Waals surface area (Å²) in [6, 6.07) is 7.05. The van der Waals surface area contributed by atoms with Crippen molar-refractivity contribution in [3.05, 3.63) is 53.0 Å². The van der Waals surface area contributed by atoms with Gasteiger partial charge in [-0.25, -0.2) is 9.37 Å². The number of anilines is 1. The van der Waals surface area contributed by atoms with E-state index < -0.39 is 11.6 Å². The molecule has 6 nitrogen and oxygen atoms in total. The van der Waals surface area contributed by atoms with E-state index in [0.29, 0.717) is 43.7 Å². The molecule has 1 atom stereocenters. The fourth-order valence-corrected chi connectivity index (χ4v) is 4.42. The second-order valence-electron chi connectivity index (χ2n) is 7.89. The van der Waals surface area contributed by atoms with Crippen LogP contribution in [0.3, 0.4) is 0 Å². The molecule has 1 spiro atoms. The van der Waals surface area contributed by atoms with Gasteiger partial charge in [-0.1, -0.05) is 13.0 Å². The maximum Gasteiger partial charge on any atom is 0.235 e. The summed E-state index contributed by atoms with van der Waals surface area (Å²) < 4.78 is 19.3. The molecule has 3 N–H and O–H groups in total. The molecule has 29 heavy (non-hydrogen) atoms. The van der Waals surface area contributed by atoms with E-state index in [9.17, 15) is 14.3 Å². The summed E-state index contributed by atoms with van der Waals surface area (Å²) in [7, 11) is 0. The van der Waals surface area contributed by atoms with E-state index in [2.05, 4.69) is 15.6 Å². The Balaban J connectivity index is 1.52. The Hall–Kier alpha value is -2.51. The van der Waals surface area contributed by atoms with Crippen LogP contribution in [0.25, 0.3) is 0 Å². The van der Waals surface area contributed by atoms with Crippen molar-refractivity contribution in [2.45, 2.75) is 57.3 Å². The Morgan fingerprint density at radius 3 is 2.83 bits per heavy atom. The molecule has 2 aliphatic rings. The monoisotopic (exact) mass is 399 g/mol. The topological polar surface area (TPSA) is 83.5 Å². The van der Waals surface area contributed by atoms with E-state index in [1.165, 1.54) is 6.07 Å². The van der Waals surface area contributed by atoms with Gasteiger partial charge in [0.25, 0.3) is 0 Å². The predicted octanol–water partition coefficient (Wildman–Crippen LogP) is 3.34. The minimum atomic E-state index is -0.759. The second kappa shape index (κ2) is 7.72. The van der Waals surface area contributed by atoms with Crippen molar-refractivity contribution in [3.8, 4) is 5.88 Å². The maximum absolute atomic E-state index is 13.3. The van der Waals surface area contributed by atoms with Crippen LogP contribution in [0, 0.1) is 12.7 Å². The van der Waals surface area contributed by atoms with E-state index in [-0.39, 0.29) is 17.8 Å². The molecule has 1 aromatic heterocycles. The second-order valence-corrected chi connectivity index (χ2v) is 7.89. The number of nitrogens with zero attached hydrogens (tertiary/aromatic N) is 1. The van der Waals surface area contributed by atoms with Crippen molar-refractivity contribution < 1.29 is 19.0 Å². The number of aliphatic hydroxyl groups excluding tert-OH is 1. The minimum Gasteiger partial charge on any atom is -0.474 e. The third kappa shape index (κ3) is 3.60. The first-order valence-corrected chi connectivity index (χ1v) is 10.1. The number of rotatable bonds is 5. The number of hydrogen-bond donors (Lipinski definition) is 3. The Morgan fingerprint density at radius 2 is 2.14 bits per heavy atom. The first-order chi connectivity index (χ1) is 13.9. The zero-order valence-electron chi connectivity index (χ0n) is 16.7. The van der Waals surface area contributed by atoms with Gasteiger partial charge in [0.1, 0.15) is 18.1 Å². The average Bonchev–Trinajstić information content (AvgIpc) is 2.97. The van der Waals surface area contributed by atoms with E-state index >= 15 is 0 Å². The minimum absolute atomic E-state index is 0.0112. The molecule has 1 amide bonds. The highest BCUT2D eigenvalue weighted by molar-refractivity contribution is 6.06. The number of nitrogens with one attached hydrogen (secondary N) is 2. The molecule has 1 unspecified atom stereocenters. The van der Waals surface area contributed by atoms with Gasteiger partial charge >= 0.3 is 0 Å². The number of fused-ring (bicyclic) bond motifs is 2. The molecule has 0 saturated heterocycles. The molecule has 0 bridgehead atoms. The molecule has 7 heteroatoms. The fourth-order valence-electron chi connectivity index (χ4n) is 4.42. The van der Waals surface area contributed by atoms with Gasteiger partial charge in [0.2, 0.25) is 11.8 Å². The summed E-state index contributed by atoms with van der Waals surface area (Å²) in [5, 5.41) is 16.3. The molecular weight excluding hydrogens is 373 g/mol. The Kier molecular flexibility index (Phi) is 5.27. The molecule has 0 radical (unpaired) electrons. The predicted molar refractivity (Wildman–Crippen MR) is 107 cm³/mol. The average molecular weight is 399 g/mol. The zero-order valence-corrected chi connectivity index (χ0v) is 16.7. The lowest BCUT2D eigenvalue weighted by atomic mass is 9.69. The number of ether oxygens (including phenoxy) is 1. The fraction of sp³-hybridized carbons (Fsp3) is 0.455. The van der Waals surface area contributed by atoms with Crippen LogP contribution in [0.4, 0.5) is 10.1 Å². The lowest BCUT2D eigenvalue weighted by molar-refractivity contribution is -0.122. The summed E-state index contributed by atoms with van der Waals surface area (Å²) in [4.78, 5) is 16.9. The smallest absolute Gasteiger partial charge is 0.235 e. The van der Waals surface area contributed by atoms with Gasteiger partial charge < -0.3 is 15.2 Å². The molecule has 1 saturated carbocycles. The SMILES string of the molecule is CCNC(O)c1ccc2c(c1)C1(CCC(Oc3ncc(F)cc3C)CC1)C(=O)N2. The van der Waals surface area contributed by atoms with Crippen LogP contribution in [0.15, 0.2) is 30.5 Å². The molecule has 154 valence electrons. The van der Waals surface area contributed by atoms with Crippen molar-refractivity contribution in [2.24, 2.45) is 0 Å². The number of benzene rings is 1. The quantitative estimate of drug-likeness (QED) is 0.672. The molecule has 1 aliphatic carbocycles. The first kappa shape index (κ1) is 19.8. The maximum atomic E-state index is 13.3. The Bertz CT molecular complexity index is 926. The van der Waals surface area contributed by atoms with Crippen LogP contribution in [-0.4, -0.2) is 28.6 Å². The van der Waals surface area contributed by atoms with E-state index in [4.69, 9.17) is 4.74 Å². The summed E-state index contributed by atoms with van der Waals surface area (Å²) >= 11 is 0. The van der Waals surface area contributed by atoms with Crippen molar-refractivity contribution >= 4 is 11.6 Å². The van der Waals surface area contributed by atoms with Gasteiger partial charge in [0.15, 0.2) is 0 Å². The first-order valence-electron chi connectivity index (χ1n) is 10.1. The summed E-state index contributed by atoms with van der Waals surface area (Å²) in [6.45, 7) is 4.35. The van der Waals surface area contributed by atoms with Crippen LogP contribution in [-0.2, 0) is 10.2 Å². The van der Waals surface area contributed by atoms with Gasteiger partial charge in [-0.3, -0.25) is 10.1 Å². The normalized spacial score (nSPS) is 24.3. The number of carbonyl (C=O) groups excluding carboxylic acids is 1. The third-order valence-corrected chi connectivity index (χ3v) is 6.02. The van der Waals surface area contributed by atoms with Crippen molar-refractivity contribution in [1.82, 2.24) is 10.3 Å². The molecule has 2 heterocycles. The van der Waals surface area contributed by atoms with Gasteiger partial charge in [0, 0.05) is 11.3 Å². The van der Waals surface area contributed by atoms with E-state index in [1.54, 1.807) is 6.92 Å². The highest BCUT2D eigenvalue weighted by atomic mass is 19.1. The summed E-state index contributed by atoms with van der Waals surface area (Å²) in [6.07, 6.45) is 3.03. The van der Waals surface area contributed by atoms with Gasteiger partial charge in [-0.05, 0) is 68.5 Å². The number of aromatic nitrogens is 1. The molecule has 1 aliphatic heterocycles. The van der Waals surface area contributed by atoms with E-state index in [1.807, 2.05) is 25.1 Å². The van der Waals surface area contributed by atoms with Gasteiger partial charge in [-0.15, -0.1) is 0 Å². The van der Waals surface area contributed by atoms with Crippen molar-refractivity contribution in [2.75, 3.05) is 11.9 Å². The van der Waals surface area contributed by atoms with Gasteiger partial charge in [0.05, 0.1) is 11.6 Å². The lowest BCUT2D eigenvalue weighted by Gasteiger charge is -2.36. The van der Waals surface area contributed by atoms with Crippen LogP contribution in [0.1, 0.15) is 55.5 Å². The number of aryl methyl sites for hydroxylation is 1. The van der Waals surface area contributed by atoms with Crippen molar-refractivity contribution in [3.63, 3.8) is 0 Å². The Labute approximate surface area is 169 Å². The van der Waals surface area contributed by atoms with Crippen LogP contribution >= 0.6 is 0 Å². The largest absolute Gasteiger partial charge is 0.474 e. The number of halogens is 1. The molecule has 1 fully saturated rings. The number of aliphatic hydroxyl groups is 1. The molecular formula is C22H26FN3O3. The highest BCUT2D eigenvalue weighted by Crippen LogP contribution is 2.48. The molecule has 4 rings (SSSR count). The van der Waals surface area contributed by atoms with E-state index in [0.717, 1.165) is 23.0 Å². The Morgan fingerprint density at radius 1 is 1.38 bits per heavy atom. The highest BCUT2D eigenvalue weighted by Gasteiger charge is 2.49. The number of amides is 1. The van der Waals surface area contributed by atoms with Crippen LogP contribution < -0.4 is 15.4 Å². The molecule has 1 aromatic carbocycles. The summed E-state index contributed by atoms with van der Waals surface area (Å²) in [5.74, 6) is 0.0732. The van der Waals surface area contributed by atoms with Crippen molar-refractivity contribution in [1.29, 1.82) is 0 Å². The number of hydrogen-bond acceptors (Lipinski definition) is 5. The van der Waals surface area contributed by atoms with Crippen LogP contribution in [0.5, 0.6) is 5.88 Å². The molecule has 2 aromatic rings. The standard InChI is InChI=1S/C22H26FN3O3/c1-3-24-19(27)14-4-5-18-17(11-14)22(21(28)26-18)8-6-16(7-9-22)29-20-13(2)10-15(23)12-25-20/h4-5,10-12,16,19,24,27H,3,6-9H2,1-2H3,(H,26,28). The number of carbonyl (C=O) groups is 1. The third-order valence-electron chi connectivity index (χ3n) is 6.02. The van der Waals surface area contributed by atoms with Crippen LogP contribution in [0.2, 0.25) is 0 Å². The number of pyridine rings is 1. The van der Waals surface area contributed by atoms with Gasteiger partial charge in [-0.2, -0.15) is 0 Å². The summed E-state index contributed by atoms with van der Waals surface area (Å²) in [5.41, 5.74) is 2.59. The zero-order chi connectivity index (χ0) is 20.6.